The van der Waals surface area contributed by atoms with Gasteiger partial charge in [-0.3, -0.25) is 4.98 Å². The van der Waals surface area contributed by atoms with E-state index in [4.69, 9.17) is 4.74 Å². The van der Waals surface area contributed by atoms with Crippen molar-refractivity contribution in [2.24, 2.45) is 5.92 Å². The summed E-state index contributed by atoms with van der Waals surface area (Å²) in [5.74, 6) is 0.597. The summed E-state index contributed by atoms with van der Waals surface area (Å²) < 4.78 is 5.80. The number of hydrogen-bond acceptors (Lipinski definition) is 4. The van der Waals surface area contributed by atoms with E-state index >= 15 is 0 Å². The molecule has 4 heteroatoms. The van der Waals surface area contributed by atoms with Crippen LogP contribution in [0.1, 0.15) is 44.1 Å². The van der Waals surface area contributed by atoms with Crippen LogP contribution in [-0.2, 0) is 11.2 Å². The Hall–Kier alpha value is -0.970. The molecule has 3 heterocycles. The highest BCUT2D eigenvalue weighted by atomic mass is 16.5. The molecule has 1 N–H and O–H groups in total. The van der Waals surface area contributed by atoms with E-state index in [-0.39, 0.29) is 0 Å². The Labute approximate surface area is 146 Å². The van der Waals surface area contributed by atoms with Crippen LogP contribution in [-0.4, -0.2) is 54.3 Å². The lowest BCUT2D eigenvalue weighted by Crippen LogP contribution is -2.50. The SMILES string of the molecule is c1cc(C[C@@H]2COC[C@H]2NC2CCN(C3CCCC3)CC2)ccn1. The zero-order chi connectivity index (χ0) is 16.2. The maximum Gasteiger partial charge on any atom is 0.0623 e. The monoisotopic (exact) mass is 329 g/mol. The fourth-order valence-electron chi connectivity index (χ4n) is 4.81. The first-order chi connectivity index (χ1) is 11.9. The van der Waals surface area contributed by atoms with Gasteiger partial charge in [-0.1, -0.05) is 12.8 Å². The minimum absolute atomic E-state index is 0.515. The van der Waals surface area contributed by atoms with Gasteiger partial charge in [0.05, 0.1) is 13.2 Å². The quantitative estimate of drug-likeness (QED) is 0.901. The molecule has 4 nitrogen and oxygen atoms in total. The molecule has 0 amide bonds. The van der Waals surface area contributed by atoms with Crippen LogP contribution in [0.25, 0.3) is 0 Å². The lowest BCUT2D eigenvalue weighted by Gasteiger charge is -2.37. The summed E-state index contributed by atoms with van der Waals surface area (Å²) in [5, 5.41) is 3.93. The summed E-state index contributed by atoms with van der Waals surface area (Å²) >= 11 is 0. The first-order valence-corrected chi connectivity index (χ1v) is 9.85. The van der Waals surface area contributed by atoms with Gasteiger partial charge in [0.1, 0.15) is 0 Å². The van der Waals surface area contributed by atoms with E-state index in [1.165, 1.54) is 57.2 Å². The number of hydrogen-bond donors (Lipinski definition) is 1. The molecule has 1 aromatic heterocycles. The Bertz CT molecular complexity index is 495. The molecule has 3 aliphatic rings. The molecule has 24 heavy (non-hydrogen) atoms. The molecule has 4 rings (SSSR count). The van der Waals surface area contributed by atoms with Gasteiger partial charge < -0.3 is 15.0 Å². The van der Waals surface area contributed by atoms with Crippen LogP contribution in [0.5, 0.6) is 0 Å². The summed E-state index contributed by atoms with van der Waals surface area (Å²) in [5.41, 5.74) is 1.38. The highest BCUT2D eigenvalue weighted by Crippen LogP contribution is 2.27. The van der Waals surface area contributed by atoms with Crippen LogP contribution < -0.4 is 5.32 Å². The molecular formula is C20H31N3O. The van der Waals surface area contributed by atoms with E-state index in [0.717, 1.165) is 25.7 Å². The van der Waals surface area contributed by atoms with E-state index in [0.29, 0.717) is 18.0 Å². The first kappa shape index (κ1) is 16.5. The van der Waals surface area contributed by atoms with Gasteiger partial charge in [0.15, 0.2) is 0 Å². The van der Waals surface area contributed by atoms with Gasteiger partial charge in [-0.05, 0) is 62.9 Å². The number of piperidine rings is 1. The predicted octanol–water partition coefficient (Wildman–Crippen LogP) is 2.64. The summed E-state index contributed by atoms with van der Waals surface area (Å²) in [7, 11) is 0. The zero-order valence-corrected chi connectivity index (χ0v) is 14.7. The standard InChI is InChI=1S/C20H31N3O/c1-2-4-19(3-1)23-11-7-18(8-12-23)22-20-15-24-14-17(20)13-16-5-9-21-10-6-16/h5-6,9-10,17-20,22H,1-4,7-8,11-15H2/t17-,20-/m1/s1. The van der Waals surface area contributed by atoms with Crippen LogP contribution >= 0.6 is 0 Å². The highest BCUT2D eigenvalue weighted by Gasteiger charge is 2.32. The fraction of sp³-hybridized carbons (Fsp3) is 0.750. The maximum atomic E-state index is 5.80. The van der Waals surface area contributed by atoms with Crippen molar-refractivity contribution in [2.45, 2.75) is 63.1 Å². The van der Waals surface area contributed by atoms with Gasteiger partial charge >= 0.3 is 0 Å². The second kappa shape index (κ2) is 7.94. The summed E-state index contributed by atoms with van der Waals surface area (Å²) in [6.45, 7) is 4.33. The van der Waals surface area contributed by atoms with Gasteiger partial charge in [-0.2, -0.15) is 0 Å². The summed E-state index contributed by atoms with van der Waals surface area (Å²) in [6, 6.07) is 6.35. The van der Waals surface area contributed by atoms with Crippen molar-refractivity contribution in [3.05, 3.63) is 30.1 Å². The molecule has 2 saturated heterocycles. The fourth-order valence-corrected chi connectivity index (χ4v) is 4.81. The third-order valence-electron chi connectivity index (χ3n) is 6.27. The van der Waals surface area contributed by atoms with Crippen molar-refractivity contribution >= 4 is 0 Å². The topological polar surface area (TPSA) is 37.4 Å². The maximum absolute atomic E-state index is 5.80. The number of ether oxygens (including phenoxy) is 1. The second-order valence-electron chi connectivity index (χ2n) is 7.88. The van der Waals surface area contributed by atoms with Gasteiger partial charge in [0.2, 0.25) is 0 Å². The minimum Gasteiger partial charge on any atom is -0.379 e. The molecule has 0 bridgehead atoms. The summed E-state index contributed by atoms with van der Waals surface area (Å²) in [4.78, 5) is 6.88. The van der Waals surface area contributed by atoms with E-state index in [2.05, 4.69) is 27.3 Å². The number of rotatable bonds is 5. The van der Waals surface area contributed by atoms with Crippen molar-refractivity contribution in [2.75, 3.05) is 26.3 Å². The first-order valence-electron chi connectivity index (χ1n) is 9.85. The number of likely N-dealkylation sites (tertiary alicyclic amines) is 1. The molecule has 0 unspecified atom stereocenters. The normalized spacial score (nSPS) is 30.2. The lowest BCUT2D eigenvalue weighted by molar-refractivity contribution is 0.136. The number of pyridine rings is 1. The van der Waals surface area contributed by atoms with Crippen molar-refractivity contribution in [3.63, 3.8) is 0 Å². The van der Waals surface area contributed by atoms with E-state index in [1.807, 2.05) is 12.4 Å². The van der Waals surface area contributed by atoms with Crippen molar-refractivity contribution < 1.29 is 4.74 Å². The predicted molar refractivity (Wildman–Crippen MR) is 96.0 cm³/mol. The molecule has 132 valence electrons. The minimum atomic E-state index is 0.515. The molecule has 1 aliphatic carbocycles. The third kappa shape index (κ3) is 3.98. The molecule has 3 fully saturated rings. The Kier molecular flexibility index (Phi) is 5.46. The van der Waals surface area contributed by atoms with E-state index in [9.17, 15) is 0 Å². The Morgan fingerprint density at radius 1 is 1.04 bits per heavy atom. The average Bonchev–Trinajstić information content (AvgIpc) is 3.29. The smallest absolute Gasteiger partial charge is 0.0623 e. The van der Waals surface area contributed by atoms with Crippen LogP contribution in [0.15, 0.2) is 24.5 Å². The van der Waals surface area contributed by atoms with Crippen LogP contribution in [0.2, 0.25) is 0 Å². The lowest BCUT2D eigenvalue weighted by atomic mass is 9.93. The molecule has 0 radical (unpaired) electrons. The van der Waals surface area contributed by atoms with Gasteiger partial charge in [0.25, 0.3) is 0 Å². The largest absolute Gasteiger partial charge is 0.379 e. The molecular weight excluding hydrogens is 298 g/mol. The molecule has 2 atom stereocenters. The third-order valence-corrected chi connectivity index (χ3v) is 6.27. The van der Waals surface area contributed by atoms with Gasteiger partial charge in [-0.15, -0.1) is 0 Å². The molecule has 1 saturated carbocycles. The Balaban J connectivity index is 1.26. The van der Waals surface area contributed by atoms with Gasteiger partial charge in [-0.25, -0.2) is 0 Å². The summed E-state index contributed by atoms with van der Waals surface area (Å²) in [6.07, 6.45) is 13.2. The van der Waals surface area contributed by atoms with E-state index in [1.54, 1.807) is 0 Å². The van der Waals surface area contributed by atoms with Gasteiger partial charge in [0, 0.05) is 36.4 Å². The number of nitrogens with one attached hydrogen (secondary N) is 1. The van der Waals surface area contributed by atoms with Crippen LogP contribution in [0.4, 0.5) is 0 Å². The average molecular weight is 329 g/mol. The zero-order valence-electron chi connectivity index (χ0n) is 14.7. The molecule has 0 aromatic carbocycles. The van der Waals surface area contributed by atoms with E-state index < -0.39 is 0 Å². The Morgan fingerprint density at radius 2 is 1.79 bits per heavy atom. The second-order valence-corrected chi connectivity index (χ2v) is 7.88. The molecule has 1 aromatic rings. The molecule has 2 aliphatic heterocycles. The van der Waals surface area contributed by atoms with Crippen LogP contribution in [0, 0.1) is 5.92 Å². The Morgan fingerprint density at radius 3 is 2.54 bits per heavy atom. The number of aromatic nitrogens is 1. The van der Waals surface area contributed by atoms with Crippen molar-refractivity contribution in [1.82, 2.24) is 15.2 Å². The highest BCUT2D eigenvalue weighted by molar-refractivity contribution is 5.11. The molecule has 0 spiro atoms. The van der Waals surface area contributed by atoms with Crippen molar-refractivity contribution in [1.29, 1.82) is 0 Å². The number of nitrogens with zero attached hydrogens (tertiary/aromatic N) is 2. The van der Waals surface area contributed by atoms with Crippen molar-refractivity contribution in [3.8, 4) is 0 Å². The van der Waals surface area contributed by atoms with Crippen LogP contribution in [0.3, 0.4) is 0 Å².